The number of fused-ring (bicyclic) bond motifs is 1. The second-order valence-corrected chi connectivity index (χ2v) is 8.15. The Kier molecular flexibility index (Phi) is 5.86. The summed E-state index contributed by atoms with van der Waals surface area (Å²) in [4.78, 5) is 35.0. The van der Waals surface area contributed by atoms with Crippen LogP contribution in [-0.4, -0.2) is 40.6 Å². The molecule has 0 saturated heterocycles. The number of amides is 1. The van der Waals surface area contributed by atoms with Crippen molar-refractivity contribution in [3.8, 4) is 0 Å². The monoisotopic (exact) mass is 353 g/mol. The molecule has 2 heterocycles. The molecule has 1 N–H and O–H groups in total. The minimum atomic E-state index is -0.0996. The van der Waals surface area contributed by atoms with Gasteiger partial charge in [-0.15, -0.1) is 11.3 Å². The summed E-state index contributed by atoms with van der Waals surface area (Å²) in [7, 11) is 3.43. The van der Waals surface area contributed by atoms with E-state index in [1.165, 1.54) is 16.7 Å². The Labute approximate surface area is 144 Å². The van der Waals surface area contributed by atoms with Crippen molar-refractivity contribution < 1.29 is 4.79 Å². The number of hydrogen-bond acceptors (Lipinski definition) is 5. The molecule has 0 aliphatic heterocycles. The van der Waals surface area contributed by atoms with Crippen LogP contribution in [0.1, 0.15) is 30.7 Å². The Morgan fingerprint density at radius 1 is 1.43 bits per heavy atom. The van der Waals surface area contributed by atoms with Gasteiger partial charge in [0.1, 0.15) is 4.83 Å². The van der Waals surface area contributed by atoms with Crippen LogP contribution in [0.5, 0.6) is 0 Å². The molecule has 0 aliphatic carbocycles. The highest BCUT2D eigenvalue weighted by Gasteiger charge is 2.17. The van der Waals surface area contributed by atoms with Crippen LogP contribution in [0.2, 0.25) is 0 Å². The lowest BCUT2D eigenvalue weighted by molar-refractivity contribution is -0.125. The van der Waals surface area contributed by atoms with Crippen LogP contribution in [0.4, 0.5) is 0 Å². The zero-order chi connectivity index (χ0) is 17.1. The van der Waals surface area contributed by atoms with Gasteiger partial charge in [0, 0.05) is 19.0 Å². The molecule has 0 unspecified atom stereocenters. The van der Waals surface area contributed by atoms with Gasteiger partial charge >= 0.3 is 0 Å². The second kappa shape index (κ2) is 7.49. The summed E-state index contributed by atoms with van der Waals surface area (Å²) >= 11 is 2.83. The molecular weight excluding hydrogens is 330 g/mol. The number of carbonyl (C=O) groups is 1. The third kappa shape index (κ3) is 4.14. The van der Waals surface area contributed by atoms with Gasteiger partial charge in [0.15, 0.2) is 5.16 Å². The molecule has 0 aromatic carbocycles. The minimum Gasteiger partial charge on any atom is -0.348 e. The highest BCUT2D eigenvalue weighted by molar-refractivity contribution is 7.99. The van der Waals surface area contributed by atoms with Crippen molar-refractivity contribution in [1.82, 2.24) is 14.9 Å². The predicted octanol–water partition coefficient (Wildman–Crippen LogP) is 3.06. The summed E-state index contributed by atoms with van der Waals surface area (Å²) in [6.45, 7) is 6.40. The molecule has 126 valence electrons. The van der Waals surface area contributed by atoms with Crippen LogP contribution in [0.3, 0.4) is 0 Å². The molecule has 1 atom stereocenters. The van der Waals surface area contributed by atoms with Gasteiger partial charge in [-0.25, -0.2) is 4.98 Å². The number of thioether (sulfide) groups is 1. The summed E-state index contributed by atoms with van der Waals surface area (Å²) in [6.07, 6.45) is 1.99. The van der Waals surface area contributed by atoms with Crippen LogP contribution in [0.15, 0.2) is 9.95 Å². The minimum absolute atomic E-state index is 0.00225. The molecule has 0 saturated carbocycles. The fraction of sp³-hybridized carbons (Fsp3) is 0.562. The topological polar surface area (TPSA) is 66.1 Å². The van der Waals surface area contributed by atoms with E-state index in [2.05, 4.69) is 23.8 Å². The number of H-pyrrole nitrogens is 1. The summed E-state index contributed by atoms with van der Waals surface area (Å²) < 4.78 is 0. The van der Waals surface area contributed by atoms with Gasteiger partial charge in [-0.2, -0.15) is 0 Å². The predicted molar refractivity (Wildman–Crippen MR) is 97.6 cm³/mol. The van der Waals surface area contributed by atoms with Crippen LogP contribution in [0.25, 0.3) is 10.2 Å². The standard InChI is InChI=1S/C16H23N3O2S2/c1-6-9(2)7-11-10(3)23-15-13(11)14(21)17-16(18-15)22-8-12(20)19(4)5/h9H,6-8H2,1-5H3,(H,17,18,21)/t9-/m0/s1. The molecule has 2 aromatic rings. The van der Waals surface area contributed by atoms with Crippen LogP contribution >= 0.6 is 23.1 Å². The maximum absolute atomic E-state index is 12.5. The highest BCUT2D eigenvalue weighted by Crippen LogP contribution is 2.30. The van der Waals surface area contributed by atoms with E-state index in [1.54, 1.807) is 25.4 Å². The van der Waals surface area contributed by atoms with E-state index >= 15 is 0 Å². The molecule has 0 aliphatic rings. The summed E-state index contributed by atoms with van der Waals surface area (Å²) in [5.41, 5.74) is 1.02. The van der Waals surface area contributed by atoms with Crippen LogP contribution in [0, 0.1) is 12.8 Å². The van der Waals surface area contributed by atoms with Gasteiger partial charge in [0.2, 0.25) is 5.91 Å². The largest absolute Gasteiger partial charge is 0.348 e. The average Bonchev–Trinajstić information content (AvgIpc) is 2.80. The van der Waals surface area contributed by atoms with E-state index < -0.39 is 0 Å². The van der Waals surface area contributed by atoms with E-state index in [1.807, 2.05) is 6.92 Å². The number of nitrogens with one attached hydrogen (secondary N) is 1. The Morgan fingerprint density at radius 3 is 2.74 bits per heavy atom. The lowest BCUT2D eigenvalue weighted by Gasteiger charge is -2.09. The van der Waals surface area contributed by atoms with E-state index in [4.69, 9.17) is 0 Å². The number of aromatic amines is 1. The van der Waals surface area contributed by atoms with Crippen molar-refractivity contribution in [2.24, 2.45) is 5.92 Å². The molecule has 0 spiro atoms. The smallest absolute Gasteiger partial charge is 0.260 e. The Morgan fingerprint density at radius 2 is 2.13 bits per heavy atom. The molecule has 1 amide bonds. The van der Waals surface area contributed by atoms with Crippen molar-refractivity contribution in [2.75, 3.05) is 19.8 Å². The van der Waals surface area contributed by atoms with Gasteiger partial charge in [-0.3, -0.25) is 9.59 Å². The first-order valence-electron chi connectivity index (χ1n) is 7.68. The molecule has 5 nitrogen and oxygen atoms in total. The molecule has 2 aromatic heterocycles. The summed E-state index contributed by atoms with van der Waals surface area (Å²) in [5, 5.41) is 1.23. The lowest BCUT2D eigenvalue weighted by Crippen LogP contribution is -2.23. The van der Waals surface area contributed by atoms with Crippen LogP contribution in [-0.2, 0) is 11.2 Å². The molecule has 0 fully saturated rings. The molecule has 7 heteroatoms. The maximum atomic E-state index is 12.5. The van der Waals surface area contributed by atoms with E-state index in [0.717, 1.165) is 33.5 Å². The van der Waals surface area contributed by atoms with Crippen molar-refractivity contribution in [3.63, 3.8) is 0 Å². The highest BCUT2D eigenvalue weighted by atomic mass is 32.2. The molecule has 2 rings (SSSR count). The number of carbonyl (C=O) groups excluding carboxylic acids is 1. The normalized spacial score (nSPS) is 12.6. The van der Waals surface area contributed by atoms with Crippen LogP contribution < -0.4 is 5.56 Å². The Balaban J connectivity index is 2.33. The summed E-state index contributed by atoms with van der Waals surface area (Å²) in [6, 6.07) is 0. The average molecular weight is 354 g/mol. The number of aryl methyl sites for hydroxylation is 1. The molecule has 23 heavy (non-hydrogen) atoms. The SMILES string of the molecule is CC[C@H](C)Cc1c(C)sc2nc(SCC(=O)N(C)C)[nH]c(=O)c12. The van der Waals surface area contributed by atoms with E-state index in [9.17, 15) is 9.59 Å². The Bertz CT molecular complexity index is 765. The lowest BCUT2D eigenvalue weighted by atomic mass is 9.98. The van der Waals surface area contributed by atoms with Gasteiger partial charge in [0.25, 0.3) is 5.56 Å². The zero-order valence-corrected chi connectivity index (χ0v) is 15.9. The fourth-order valence-corrected chi connectivity index (χ4v) is 4.17. The Hall–Kier alpha value is -1.34. The number of thiophene rings is 1. The first-order chi connectivity index (χ1) is 10.8. The first-order valence-corrected chi connectivity index (χ1v) is 9.48. The quantitative estimate of drug-likeness (QED) is 0.640. The van der Waals surface area contributed by atoms with Crippen molar-refractivity contribution in [1.29, 1.82) is 0 Å². The number of aromatic nitrogens is 2. The molecular formula is C16H23N3O2S2. The maximum Gasteiger partial charge on any atom is 0.260 e. The molecule has 0 radical (unpaired) electrons. The van der Waals surface area contributed by atoms with E-state index in [0.29, 0.717) is 11.1 Å². The number of hydrogen-bond donors (Lipinski definition) is 1. The van der Waals surface area contributed by atoms with Crippen molar-refractivity contribution in [2.45, 2.75) is 38.8 Å². The summed E-state index contributed by atoms with van der Waals surface area (Å²) in [5.74, 6) is 0.807. The number of nitrogens with zero attached hydrogens (tertiary/aromatic N) is 2. The third-order valence-electron chi connectivity index (χ3n) is 3.92. The van der Waals surface area contributed by atoms with E-state index in [-0.39, 0.29) is 17.2 Å². The second-order valence-electron chi connectivity index (χ2n) is 5.98. The third-order valence-corrected chi connectivity index (χ3v) is 5.82. The van der Waals surface area contributed by atoms with Gasteiger partial charge < -0.3 is 9.88 Å². The van der Waals surface area contributed by atoms with Crippen molar-refractivity contribution >= 4 is 39.2 Å². The van der Waals surface area contributed by atoms with Gasteiger partial charge in [-0.05, 0) is 24.8 Å². The first kappa shape index (κ1) is 18.0. The van der Waals surface area contributed by atoms with Gasteiger partial charge in [-0.1, -0.05) is 32.0 Å². The number of rotatable bonds is 6. The molecule has 0 bridgehead atoms. The zero-order valence-electron chi connectivity index (χ0n) is 14.2. The fourth-order valence-electron chi connectivity index (χ4n) is 2.22. The van der Waals surface area contributed by atoms with Crippen molar-refractivity contribution in [3.05, 3.63) is 20.8 Å². The van der Waals surface area contributed by atoms with Gasteiger partial charge in [0.05, 0.1) is 11.1 Å².